The predicted octanol–water partition coefficient (Wildman–Crippen LogP) is 0.962. The third-order valence-corrected chi connectivity index (χ3v) is 6.96. The Morgan fingerprint density at radius 2 is 1.59 bits per heavy atom. The molecule has 240 valence electrons. The number of carbonyl (C=O) groups is 5. The van der Waals surface area contributed by atoms with Gasteiger partial charge < -0.3 is 37.2 Å². The molecule has 0 radical (unpaired) electrons. The summed E-state index contributed by atoms with van der Waals surface area (Å²) in [5.41, 5.74) is 14.3. The summed E-state index contributed by atoms with van der Waals surface area (Å²) in [6.07, 6.45) is -4.64. The summed E-state index contributed by atoms with van der Waals surface area (Å²) in [5, 5.41) is 22.3. The van der Waals surface area contributed by atoms with E-state index in [1.165, 1.54) is 11.8 Å². The van der Waals surface area contributed by atoms with Crippen molar-refractivity contribution in [1.82, 2.24) is 15.5 Å². The molecule has 0 unspecified atom stereocenters. The molecule has 1 aliphatic rings. The Bertz CT molecular complexity index is 1410. The first-order chi connectivity index (χ1) is 20.2. The molecule has 2 aromatic carbocycles. The van der Waals surface area contributed by atoms with E-state index in [1.807, 2.05) is 38.1 Å². The Morgan fingerprint density at radius 3 is 2.09 bits per heavy atom. The van der Waals surface area contributed by atoms with Gasteiger partial charge in [-0.25, -0.2) is 4.79 Å². The van der Waals surface area contributed by atoms with Crippen molar-refractivity contribution in [3.63, 3.8) is 0 Å². The molecule has 1 aliphatic heterocycles. The Morgan fingerprint density at radius 1 is 1.07 bits per heavy atom. The molecule has 0 spiro atoms. The molecule has 12 nitrogen and oxygen atoms in total. The average Bonchev–Trinajstić information content (AvgIpc) is 2.99. The molecule has 0 aromatic heterocycles. The van der Waals surface area contributed by atoms with Gasteiger partial charge >= 0.3 is 12.1 Å². The van der Waals surface area contributed by atoms with Gasteiger partial charge in [0.15, 0.2) is 0 Å². The van der Waals surface area contributed by atoms with Crippen LogP contribution in [0.2, 0.25) is 0 Å². The summed E-state index contributed by atoms with van der Waals surface area (Å²) in [6.45, 7) is 6.67. The Kier molecular flexibility index (Phi) is 11.5. The van der Waals surface area contributed by atoms with Crippen LogP contribution in [-0.4, -0.2) is 75.1 Å². The van der Waals surface area contributed by atoms with Gasteiger partial charge in [-0.05, 0) is 74.1 Å². The number of nitrogens with zero attached hydrogens (tertiary/aromatic N) is 1. The molecule has 0 saturated carbocycles. The van der Waals surface area contributed by atoms with Crippen molar-refractivity contribution in [2.45, 2.75) is 70.9 Å². The van der Waals surface area contributed by atoms with Gasteiger partial charge in [-0.15, -0.1) is 0 Å². The van der Waals surface area contributed by atoms with Crippen LogP contribution in [0, 0.1) is 13.8 Å². The van der Waals surface area contributed by atoms with Gasteiger partial charge in [0.1, 0.15) is 17.3 Å². The minimum atomic E-state index is -5.08. The van der Waals surface area contributed by atoms with Gasteiger partial charge in [0.25, 0.3) is 0 Å². The van der Waals surface area contributed by atoms with Crippen molar-refractivity contribution in [2.75, 3.05) is 6.54 Å². The highest BCUT2D eigenvalue weighted by molar-refractivity contribution is 5.96. The van der Waals surface area contributed by atoms with E-state index in [0.29, 0.717) is 0 Å². The number of phenols is 1. The number of phenolic OH excluding ortho intramolecular Hbond substituents is 1. The zero-order valence-corrected chi connectivity index (χ0v) is 24.6. The first kappa shape index (κ1) is 35.5. The van der Waals surface area contributed by atoms with Crippen LogP contribution in [0.4, 0.5) is 13.2 Å². The number of nitrogens with two attached hydrogens (primary N) is 2. The number of alkyl halides is 3. The van der Waals surface area contributed by atoms with Gasteiger partial charge in [0.05, 0.1) is 12.6 Å². The van der Waals surface area contributed by atoms with E-state index in [2.05, 4.69) is 10.6 Å². The highest BCUT2D eigenvalue weighted by Gasteiger charge is 2.42. The molecule has 1 heterocycles. The predicted molar refractivity (Wildman–Crippen MR) is 152 cm³/mol. The van der Waals surface area contributed by atoms with E-state index in [-0.39, 0.29) is 31.7 Å². The molecule has 15 heteroatoms. The first-order valence-corrected chi connectivity index (χ1v) is 13.4. The number of aromatic hydroxyl groups is 1. The molecule has 0 aliphatic carbocycles. The van der Waals surface area contributed by atoms with Gasteiger partial charge in [0, 0.05) is 13.0 Å². The monoisotopic (exact) mass is 623 g/mol. The summed E-state index contributed by atoms with van der Waals surface area (Å²) >= 11 is 0. The molecular formula is C29H36F3N5O7. The average molecular weight is 624 g/mol. The fourth-order valence-corrected chi connectivity index (χ4v) is 4.75. The standard InChI is InChI=1S/C27H35N5O5.C2HF3O2/c1-15-9-20(33)10-16(2)21(15)11-22(28)25(36)30-17(3)24(35)31-27(4)12-18-7-5-6-8-19(18)13-32(26(27)37)14-23(29)34;3-2(4,5)1(6)7/h5-10,17,22,33H,11-14,28H2,1-4H3,(H2,29,34)(H,30,36)(H,31,35);(H,6,7)/t17-,22+,27+;/m1./s1. The third-order valence-electron chi connectivity index (χ3n) is 6.96. The van der Waals surface area contributed by atoms with E-state index < -0.39 is 53.4 Å². The fraction of sp³-hybridized carbons (Fsp3) is 0.414. The zero-order valence-electron chi connectivity index (χ0n) is 24.6. The van der Waals surface area contributed by atoms with Crippen LogP contribution >= 0.6 is 0 Å². The van der Waals surface area contributed by atoms with Gasteiger partial charge in [-0.1, -0.05) is 24.3 Å². The normalized spacial score (nSPS) is 17.6. The van der Waals surface area contributed by atoms with Crippen LogP contribution in [0.25, 0.3) is 0 Å². The Balaban J connectivity index is 0.000000860. The van der Waals surface area contributed by atoms with Crippen LogP contribution < -0.4 is 22.1 Å². The number of nitrogens with one attached hydrogen (secondary N) is 2. The van der Waals surface area contributed by atoms with Crippen LogP contribution in [0.5, 0.6) is 5.75 Å². The number of carboxylic acid groups (broad SMARTS) is 1. The Hall–Kier alpha value is -4.66. The number of amides is 4. The number of halogens is 3. The van der Waals surface area contributed by atoms with Crippen molar-refractivity contribution in [3.05, 3.63) is 64.2 Å². The molecule has 3 atom stereocenters. The van der Waals surface area contributed by atoms with E-state index >= 15 is 0 Å². The number of carbonyl (C=O) groups excluding carboxylic acids is 4. The van der Waals surface area contributed by atoms with Crippen molar-refractivity contribution in [1.29, 1.82) is 0 Å². The van der Waals surface area contributed by atoms with Crippen molar-refractivity contribution in [3.8, 4) is 5.75 Å². The molecule has 0 fully saturated rings. The number of rotatable bonds is 8. The van der Waals surface area contributed by atoms with Crippen LogP contribution in [0.1, 0.15) is 41.7 Å². The van der Waals surface area contributed by atoms with Crippen molar-refractivity contribution >= 4 is 29.6 Å². The topological polar surface area (TPSA) is 205 Å². The largest absolute Gasteiger partial charge is 0.508 e. The summed E-state index contributed by atoms with van der Waals surface area (Å²) in [6, 6.07) is 8.73. The second-order valence-electron chi connectivity index (χ2n) is 10.8. The summed E-state index contributed by atoms with van der Waals surface area (Å²) < 4.78 is 31.7. The van der Waals surface area contributed by atoms with Crippen LogP contribution in [-0.2, 0) is 43.4 Å². The third kappa shape index (κ3) is 9.42. The maximum Gasteiger partial charge on any atom is 0.490 e. The maximum absolute atomic E-state index is 13.4. The number of hydrogen-bond acceptors (Lipinski definition) is 7. The lowest BCUT2D eigenvalue weighted by molar-refractivity contribution is -0.192. The number of primary amides is 1. The van der Waals surface area contributed by atoms with Gasteiger partial charge in [0.2, 0.25) is 23.6 Å². The molecule has 44 heavy (non-hydrogen) atoms. The van der Waals surface area contributed by atoms with E-state index in [4.69, 9.17) is 21.4 Å². The number of aliphatic carboxylic acids is 1. The highest BCUT2D eigenvalue weighted by Crippen LogP contribution is 2.26. The maximum atomic E-state index is 13.4. The summed E-state index contributed by atoms with van der Waals surface area (Å²) in [4.78, 5) is 61.2. The summed E-state index contributed by atoms with van der Waals surface area (Å²) in [7, 11) is 0. The minimum Gasteiger partial charge on any atom is -0.508 e. The fourth-order valence-electron chi connectivity index (χ4n) is 4.75. The lowest BCUT2D eigenvalue weighted by Crippen LogP contribution is -2.62. The van der Waals surface area contributed by atoms with E-state index in [1.54, 1.807) is 19.1 Å². The van der Waals surface area contributed by atoms with Gasteiger partial charge in [-0.3, -0.25) is 19.2 Å². The molecule has 3 rings (SSSR count). The number of aryl methyl sites for hydroxylation is 2. The second kappa shape index (κ2) is 14.2. The molecular weight excluding hydrogens is 587 g/mol. The quantitative estimate of drug-likeness (QED) is 0.249. The molecule has 0 saturated heterocycles. The molecule has 2 aromatic rings. The van der Waals surface area contributed by atoms with Crippen molar-refractivity contribution in [2.24, 2.45) is 11.5 Å². The SMILES string of the molecule is Cc1cc(O)cc(C)c1C[C@H](N)C(=O)N[C@H](C)C(=O)N[C@@]1(C)Cc2ccccc2CN(CC(N)=O)C1=O.O=C(O)C(F)(F)F. The van der Waals surface area contributed by atoms with Crippen molar-refractivity contribution < 1.29 is 47.4 Å². The van der Waals surface area contributed by atoms with E-state index in [9.17, 15) is 37.5 Å². The number of hydrogen-bond donors (Lipinski definition) is 6. The first-order valence-electron chi connectivity index (χ1n) is 13.4. The lowest BCUT2D eigenvalue weighted by atomic mass is 9.90. The van der Waals surface area contributed by atoms with Crippen LogP contribution in [0.15, 0.2) is 36.4 Å². The Labute approximate surface area is 251 Å². The zero-order chi connectivity index (χ0) is 33.6. The second-order valence-corrected chi connectivity index (χ2v) is 10.8. The number of carboxylic acids is 1. The highest BCUT2D eigenvalue weighted by atomic mass is 19.4. The molecule has 4 amide bonds. The number of fused-ring (bicyclic) bond motifs is 1. The minimum absolute atomic E-state index is 0.139. The van der Waals surface area contributed by atoms with E-state index in [0.717, 1.165) is 27.8 Å². The van der Waals surface area contributed by atoms with Gasteiger partial charge in [-0.2, -0.15) is 13.2 Å². The molecule has 0 bridgehead atoms. The molecule has 8 N–H and O–H groups in total. The lowest BCUT2D eigenvalue weighted by Gasteiger charge is -2.33. The summed E-state index contributed by atoms with van der Waals surface area (Å²) in [5.74, 6) is -4.80. The number of benzene rings is 2. The van der Waals surface area contributed by atoms with Crippen LogP contribution in [0.3, 0.4) is 0 Å². The smallest absolute Gasteiger partial charge is 0.490 e.